The Morgan fingerprint density at radius 3 is 2.56 bits per heavy atom. The fraction of sp³-hybridized carbons (Fsp3) is 0.833. The van der Waals surface area contributed by atoms with Gasteiger partial charge in [-0.1, -0.05) is 0 Å². The molecule has 0 rings (SSSR count). The molecule has 0 aliphatic carbocycles. The molecule has 0 amide bonds. The molecule has 0 saturated heterocycles. The van der Waals surface area contributed by atoms with Gasteiger partial charge in [0.25, 0.3) is 0 Å². The first-order valence-corrected chi connectivity index (χ1v) is 2.85. The first kappa shape index (κ1) is 8.41. The summed E-state index contributed by atoms with van der Waals surface area (Å²) < 4.78 is 0. The average Bonchev–Trinajstić information content (AvgIpc) is 1.84. The summed E-state index contributed by atoms with van der Waals surface area (Å²) in [6.45, 7) is 4.01. The van der Waals surface area contributed by atoms with Crippen LogP contribution in [-0.2, 0) is 0 Å². The van der Waals surface area contributed by atoms with Gasteiger partial charge in [0.1, 0.15) is 0 Å². The van der Waals surface area contributed by atoms with Crippen molar-refractivity contribution in [2.75, 3.05) is 13.2 Å². The van der Waals surface area contributed by atoms with E-state index >= 15 is 0 Å². The predicted molar refractivity (Wildman–Crippen MR) is 34.8 cm³/mol. The van der Waals surface area contributed by atoms with Gasteiger partial charge in [0.2, 0.25) is 0 Å². The number of nitriles is 1. The summed E-state index contributed by atoms with van der Waals surface area (Å²) in [5.74, 6) is 0. The second kappa shape index (κ2) is 3.44. The molecule has 0 aromatic heterocycles. The Balaban J connectivity index is 3.48. The van der Waals surface area contributed by atoms with Crippen molar-refractivity contribution in [3.8, 4) is 6.07 Å². The number of hydrogen-bond acceptors (Lipinski definition) is 3. The van der Waals surface area contributed by atoms with Crippen LogP contribution in [0.15, 0.2) is 0 Å². The van der Waals surface area contributed by atoms with E-state index in [9.17, 15) is 0 Å². The van der Waals surface area contributed by atoms with Gasteiger partial charge in [-0.25, -0.2) is 0 Å². The highest BCUT2D eigenvalue weighted by Gasteiger charge is 2.13. The van der Waals surface area contributed by atoms with E-state index in [0.29, 0.717) is 0 Å². The molecule has 52 valence electrons. The van der Waals surface area contributed by atoms with Crippen LogP contribution in [0, 0.1) is 11.3 Å². The maximum Gasteiger partial charge on any atom is 0.0845 e. The first-order valence-electron chi connectivity index (χ1n) is 2.85. The number of nitrogens with one attached hydrogen (secondary N) is 1. The lowest BCUT2D eigenvalue weighted by Gasteiger charge is -2.21. The largest absolute Gasteiger partial charge is 0.394 e. The molecule has 0 heterocycles. The van der Waals surface area contributed by atoms with Crippen molar-refractivity contribution >= 4 is 0 Å². The molecule has 2 N–H and O–H groups in total. The number of hydrogen-bond donors (Lipinski definition) is 2. The molecule has 0 radical (unpaired) electrons. The molecule has 3 nitrogen and oxygen atoms in total. The fourth-order valence-electron chi connectivity index (χ4n) is 0.335. The monoisotopic (exact) mass is 128 g/mol. The van der Waals surface area contributed by atoms with E-state index < -0.39 is 0 Å². The van der Waals surface area contributed by atoms with Crippen molar-refractivity contribution in [3.63, 3.8) is 0 Å². The van der Waals surface area contributed by atoms with Crippen molar-refractivity contribution in [3.05, 3.63) is 0 Å². The molecule has 0 aromatic rings. The highest BCUT2D eigenvalue weighted by Crippen LogP contribution is 1.97. The Bertz CT molecular complexity index is 115. The summed E-state index contributed by atoms with van der Waals surface area (Å²) >= 11 is 0. The maximum absolute atomic E-state index is 8.65. The molecular weight excluding hydrogens is 116 g/mol. The molecule has 0 fully saturated rings. The Morgan fingerprint density at radius 2 is 2.22 bits per heavy atom. The van der Waals surface area contributed by atoms with E-state index in [4.69, 9.17) is 10.4 Å². The third-order valence-corrected chi connectivity index (χ3v) is 1.04. The SMILES string of the molecule is CC(C)(CO)NCC#N. The van der Waals surface area contributed by atoms with Crippen LogP contribution in [0.5, 0.6) is 0 Å². The highest BCUT2D eigenvalue weighted by molar-refractivity contribution is 4.82. The van der Waals surface area contributed by atoms with E-state index in [1.54, 1.807) is 0 Å². The van der Waals surface area contributed by atoms with Crippen molar-refractivity contribution < 1.29 is 5.11 Å². The minimum absolute atomic E-state index is 0.0503. The van der Waals surface area contributed by atoms with Crippen molar-refractivity contribution in [1.82, 2.24) is 5.32 Å². The Kier molecular flexibility index (Phi) is 3.21. The second-order valence-electron chi connectivity index (χ2n) is 2.55. The van der Waals surface area contributed by atoms with Gasteiger partial charge in [-0.2, -0.15) is 5.26 Å². The fourth-order valence-corrected chi connectivity index (χ4v) is 0.335. The van der Waals surface area contributed by atoms with E-state index in [1.165, 1.54) is 0 Å². The Morgan fingerprint density at radius 1 is 1.67 bits per heavy atom. The van der Waals surface area contributed by atoms with Crippen LogP contribution in [0.3, 0.4) is 0 Å². The van der Waals surface area contributed by atoms with Crippen LogP contribution < -0.4 is 5.32 Å². The number of nitrogens with zero attached hydrogens (tertiary/aromatic N) is 1. The quantitative estimate of drug-likeness (QED) is 0.520. The van der Waals surface area contributed by atoms with Crippen LogP contribution in [-0.4, -0.2) is 23.8 Å². The highest BCUT2D eigenvalue weighted by atomic mass is 16.3. The van der Waals surface area contributed by atoms with E-state index in [0.717, 1.165) is 0 Å². The molecular formula is C6H12N2O. The predicted octanol–water partition coefficient (Wildman–Crippen LogP) is -0.130. The number of rotatable bonds is 3. The molecule has 9 heavy (non-hydrogen) atoms. The third kappa shape index (κ3) is 3.95. The summed E-state index contributed by atoms with van der Waals surface area (Å²) in [5, 5.41) is 19.6. The molecule has 0 aliphatic rings. The molecule has 0 atom stereocenters. The van der Waals surface area contributed by atoms with E-state index in [2.05, 4.69) is 5.32 Å². The molecule has 3 heteroatoms. The van der Waals surface area contributed by atoms with Gasteiger partial charge in [0, 0.05) is 5.54 Å². The van der Waals surface area contributed by atoms with Crippen molar-refractivity contribution in [2.45, 2.75) is 19.4 Å². The Labute approximate surface area is 55.3 Å². The zero-order chi connectivity index (χ0) is 7.33. The van der Waals surface area contributed by atoms with Crippen LogP contribution >= 0.6 is 0 Å². The summed E-state index contributed by atoms with van der Waals surface area (Å²) in [7, 11) is 0. The van der Waals surface area contributed by atoms with Gasteiger partial charge in [0.15, 0.2) is 0 Å². The van der Waals surface area contributed by atoms with Crippen molar-refractivity contribution in [2.24, 2.45) is 0 Å². The zero-order valence-electron chi connectivity index (χ0n) is 5.81. The lowest BCUT2D eigenvalue weighted by atomic mass is 10.1. The number of aliphatic hydroxyl groups is 1. The molecule has 0 spiro atoms. The normalized spacial score (nSPS) is 10.9. The van der Waals surface area contributed by atoms with Gasteiger partial charge < -0.3 is 5.11 Å². The van der Waals surface area contributed by atoms with E-state index in [-0.39, 0.29) is 18.7 Å². The Hall–Kier alpha value is -0.590. The van der Waals surface area contributed by atoms with Gasteiger partial charge in [0.05, 0.1) is 19.2 Å². The van der Waals surface area contributed by atoms with Crippen LogP contribution in [0.1, 0.15) is 13.8 Å². The summed E-state index contributed by atoms with van der Waals surface area (Å²) in [5.41, 5.74) is -0.324. The number of aliphatic hydroxyl groups excluding tert-OH is 1. The summed E-state index contributed by atoms with van der Waals surface area (Å²) in [6.07, 6.45) is 0. The lowest BCUT2D eigenvalue weighted by molar-refractivity contribution is 0.193. The molecule has 0 aliphatic heterocycles. The smallest absolute Gasteiger partial charge is 0.0845 e. The molecule has 0 aromatic carbocycles. The van der Waals surface area contributed by atoms with Gasteiger partial charge in [-0.3, -0.25) is 5.32 Å². The first-order chi connectivity index (χ1) is 4.12. The third-order valence-electron chi connectivity index (χ3n) is 1.04. The van der Waals surface area contributed by atoms with Gasteiger partial charge in [-0.15, -0.1) is 0 Å². The zero-order valence-corrected chi connectivity index (χ0v) is 5.81. The average molecular weight is 128 g/mol. The molecule has 0 bridgehead atoms. The minimum Gasteiger partial charge on any atom is -0.394 e. The lowest BCUT2D eigenvalue weighted by Crippen LogP contribution is -2.42. The summed E-state index contributed by atoms with van der Waals surface area (Å²) in [6, 6.07) is 1.94. The van der Waals surface area contributed by atoms with Crippen molar-refractivity contribution in [1.29, 1.82) is 5.26 Å². The molecule has 0 unspecified atom stereocenters. The molecule has 0 saturated carbocycles. The van der Waals surface area contributed by atoms with Crippen LogP contribution in [0.2, 0.25) is 0 Å². The topological polar surface area (TPSA) is 56.0 Å². The standard InChI is InChI=1S/C6H12N2O/c1-6(2,5-9)8-4-3-7/h8-9H,4-5H2,1-2H3. The van der Waals surface area contributed by atoms with Gasteiger partial charge in [-0.05, 0) is 13.8 Å². The van der Waals surface area contributed by atoms with E-state index in [1.807, 2.05) is 19.9 Å². The maximum atomic E-state index is 8.65. The second-order valence-corrected chi connectivity index (χ2v) is 2.55. The van der Waals surface area contributed by atoms with Crippen LogP contribution in [0.25, 0.3) is 0 Å². The van der Waals surface area contributed by atoms with Gasteiger partial charge >= 0.3 is 0 Å². The summed E-state index contributed by atoms with van der Waals surface area (Å²) in [4.78, 5) is 0. The van der Waals surface area contributed by atoms with Crippen LogP contribution in [0.4, 0.5) is 0 Å². The minimum atomic E-state index is -0.324.